The van der Waals surface area contributed by atoms with E-state index in [9.17, 15) is 0 Å². The van der Waals surface area contributed by atoms with Crippen LogP contribution in [0.25, 0.3) is 0 Å². The number of aliphatic imine (C=N–C) groups is 1. The zero-order valence-electron chi connectivity index (χ0n) is 13.7. The van der Waals surface area contributed by atoms with E-state index in [-0.39, 0.29) is 6.04 Å². The van der Waals surface area contributed by atoms with Gasteiger partial charge in [0.2, 0.25) is 0 Å². The van der Waals surface area contributed by atoms with E-state index in [2.05, 4.69) is 22.4 Å². The van der Waals surface area contributed by atoms with Gasteiger partial charge in [-0.25, -0.2) is 0 Å². The number of nitrogens with two attached hydrogens (primary N) is 1. The number of fused-ring (bicyclic) bond motifs is 2. The number of methoxy groups -OCH3 is 1. The van der Waals surface area contributed by atoms with E-state index in [1.807, 2.05) is 24.3 Å². The van der Waals surface area contributed by atoms with Crippen molar-refractivity contribution >= 4 is 17.4 Å². The monoisotopic (exact) mass is 323 g/mol. The molecule has 2 aliphatic rings. The molecular formula is C19H21N3O2. The third-order valence-corrected chi connectivity index (χ3v) is 4.65. The Morgan fingerprint density at radius 3 is 3.04 bits per heavy atom. The van der Waals surface area contributed by atoms with Crippen LogP contribution in [-0.2, 0) is 17.8 Å². The molecule has 124 valence electrons. The molecule has 1 aliphatic carbocycles. The molecule has 0 radical (unpaired) electrons. The Kier molecular flexibility index (Phi) is 3.76. The number of rotatable bonds is 2. The van der Waals surface area contributed by atoms with Crippen LogP contribution in [0.2, 0.25) is 0 Å². The van der Waals surface area contributed by atoms with E-state index in [1.54, 1.807) is 7.11 Å². The lowest BCUT2D eigenvalue weighted by molar-refractivity contribution is 0.263. The highest BCUT2D eigenvalue weighted by Gasteiger charge is 2.26. The molecule has 3 N–H and O–H groups in total. The zero-order valence-corrected chi connectivity index (χ0v) is 13.7. The van der Waals surface area contributed by atoms with E-state index in [0.29, 0.717) is 12.6 Å². The Morgan fingerprint density at radius 1 is 1.25 bits per heavy atom. The molecule has 2 aromatic carbocycles. The standard InChI is InChI=1S/C19H21N3O2/c1-23-17-7-3-5-12-4-2-6-16(18(12)17)22-19-21-15-9-8-14(20)10-13(15)11-24-19/h3,5,7-10,16H,2,4,6,11,20H2,1H3,(H,21,22). The van der Waals surface area contributed by atoms with Gasteiger partial charge < -0.3 is 20.5 Å². The van der Waals surface area contributed by atoms with Crippen molar-refractivity contribution in [3.8, 4) is 5.75 Å². The molecule has 1 aliphatic heterocycles. The first-order valence-corrected chi connectivity index (χ1v) is 8.27. The zero-order chi connectivity index (χ0) is 16.5. The Bertz CT molecular complexity index is 787. The van der Waals surface area contributed by atoms with Gasteiger partial charge in [-0.3, -0.25) is 0 Å². The number of hydrogen-bond acceptors (Lipinski definition) is 5. The summed E-state index contributed by atoms with van der Waals surface area (Å²) in [6, 6.07) is 12.7. The summed E-state index contributed by atoms with van der Waals surface area (Å²) in [5, 5.41) is 3.46. The number of nitrogens with zero attached hydrogens (tertiary/aromatic N) is 1. The van der Waals surface area contributed by atoms with Crippen molar-refractivity contribution < 1.29 is 9.47 Å². The highest BCUT2D eigenvalue weighted by molar-refractivity contribution is 5.80. The van der Waals surface area contributed by atoms with Crippen LogP contribution in [0.3, 0.4) is 0 Å². The fourth-order valence-corrected chi connectivity index (χ4v) is 3.51. The Balaban J connectivity index is 1.63. The quantitative estimate of drug-likeness (QED) is 0.831. The summed E-state index contributed by atoms with van der Waals surface area (Å²) in [6.45, 7) is 0.484. The molecule has 1 atom stereocenters. The van der Waals surface area contributed by atoms with Crippen LogP contribution >= 0.6 is 0 Å². The van der Waals surface area contributed by atoms with Gasteiger partial charge in [0.15, 0.2) is 0 Å². The largest absolute Gasteiger partial charge is 0.496 e. The van der Waals surface area contributed by atoms with Crippen LogP contribution in [0.1, 0.15) is 35.6 Å². The molecule has 0 amide bonds. The van der Waals surface area contributed by atoms with Gasteiger partial charge in [-0.1, -0.05) is 12.1 Å². The summed E-state index contributed by atoms with van der Waals surface area (Å²) in [6.07, 6.45) is 3.25. The number of anilines is 1. The molecule has 0 saturated heterocycles. The second kappa shape index (κ2) is 6.07. The van der Waals surface area contributed by atoms with Crippen LogP contribution in [-0.4, -0.2) is 13.1 Å². The molecule has 2 aromatic rings. The SMILES string of the molecule is COc1cccc2c1C(NC1=Nc3ccc(N)cc3CO1)CCC2. The third kappa shape index (κ3) is 2.66. The van der Waals surface area contributed by atoms with E-state index in [0.717, 1.165) is 42.0 Å². The maximum Gasteiger partial charge on any atom is 0.290 e. The van der Waals surface area contributed by atoms with Gasteiger partial charge in [0.25, 0.3) is 6.02 Å². The van der Waals surface area contributed by atoms with Gasteiger partial charge in [-0.05, 0) is 49.1 Å². The van der Waals surface area contributed by atoms with Crippen molar-refractivity contribution in [1.82, 2.24) is 5.32 Å². The van der Waals surface area contributed by atoms with E-state index in [1.165, 1.54) is 11.1 Å². The normalized spacial score (nSPS) is 18.7. The molecule has 0 fully saturated rings. The van der Waals surface area contributed by atoms with Gasteiger partial charge in [-0.2, -0.15) is 4.99 Å². The van der Waals surface area contributed by atoms with Crippen molar-refractivity contribution in [2.24, 2.45) is 4.99 Å². The second-order valence-electron chi connectivity index (χ2n) is 6.22. The first-order chi connectivity index (χ1) is 11.7. The van der Waals surface area contributed by atoms with Gasteiger partial charge in [0, 0.05) is 16.8 Å². The topological polar surface area (TPSA) is 68.9 Å². The highest BCUT2D eigenvalue weighted by Crippen LogP contribution is 2.37. The smallest absolute Gasteiger partial charge is 0.290 e. The van der Waals surface area contributed by atoms with Crippen LogP contribution in [0.15, 0.2) is 41.4 Å². The fraction of sp³-hybridized carbons (Fsp3) is 0.316. The molecule has 1 heterocycles. The van der Waals surface area contributed by atoms with Crippen molar-refractivity contribution in [3.05, 3.63) is 53.1 Å². The fourth-order valence-electron chi connectivity index (χ4n) is 3.51. The number of nitrogens with one attached hydrogen (secondary N) is 1. The second-order valence-corrected chi connectivity index (χ2v) is 6.22. The summed E-state index contributed by atoms with van der Waals surface area (Å²) in [7, 11) is 1.72. The van der Waals surface area contributed by atoms with Gasteiger partial charge >= 0.3 is 0 Å². The lowest BCUT2D eigenvalue weighted by atomic mass is 9.87. The predicted molar refractivity (Wildman–Crippen MR) is 94.5 cm³/mol. The van der Waals surface area contributed by atoms with E-state index >= 15 is 0 Å². The van der Waals surface area contributed by atoms with Crippen molar-refractivity contribution in [2.75, 3.05) is 12.8 Å². The van der Waals surface area contributed by atoms with Crippen LogP contribution in [0.4, 0.5) is 11.4 Å². The average Bonchev–Trinajstić information content (AvgIpc) is 2.61. The number of benzene rings is 2. The molecule has 0 aromatic heterocycles. The highest BCUT2D eigenvalue weighted by atomic mass is 16.5. The van der Waals surface area contributed by atoms with E-state index in [4.69, 9.17) is 15.2 Å². The summed E-state index contributed by atoms with van der Waals surface area (Å²) in [5.74, 6) is 0.925. The van der Waals surface area contributed by atoms with Crippen LogP contribution in [0.5, 0.6) is 5.75 Å². The minimum absolute atomic E-state index is 0.152. The minimum Gasteiger partial charge on any atom is -0.496 e. The summed E-state index contributed by atoms with van der Waals surface area (Å²) in [4.78, 5) is 4.60. The van der Waals surface area contributed by atoms with Crippen molar-refractivity contribution in [2.45, 2.75) is 31.9 Å². The Hall–Kier alpha value is -2.69. The molecule has 5 nitrogen and oxygen atoms in total. The van der Waals surface area contributed by atoms with Crippen molar-refractivity contribution in [3.63, 3.8) is 0 Å². The summed E-state index contributed by atoms with van der Waals surface area (Å²) < 4.78 is 11.4. The Labute approximate surface area is 141 Å². The third-order valence-electron chi connectivity index (χ3n) is 4.65. The van der Waals surface area contributed by atoms with Crippen LogP contribution in [0, 0.1) is 0 Å². The molecule has 5 heteroatoms. The number of hydrogen-bond donors (Lipinski definition) is 2. The molecule has 24 heavy (non-hydrogen) atoms. The Morgan fingerprint density at radius 2 is 2.17 bits per heavy atom. The molecule has 0 saturated carbocycles. The number of nitrogen functional groups attached to an aromatic ring is 1. The molecule has 1 unspecified atom stereocenters. The first kappa shape index (κ1) is 14.9. The lowest BCUT2D eigenvalue weighted by Crippen LogP contribution is -2.33. The van der Waals surface area contributed by atoms with Gasteiger partial charge in [-0.15, -0.1) is 0 Å². The molecular weight excluding hydrogens is 302 g/mol. The summed E-state index contributed by atoms with van der Waals surface area (Å²) in [5.41, 5.74) is 11.0. The maximum atomic E-state index is 5.82. The maximum absolute atomic E-state index is 5.82. The average molecular weight is 323 g/mol. The molecule has 4 rings (SSSR count). The predicted octanol–water partition coefficient (Wildman–Crippen LogP) is 3.46. The molecule has 0 bridgehead atoms. The van der Waals surface area contributed by atoms with Crippen molar-refractivity contribution in [1.29, 1.82) is 0 Å². The number of aryl methyl sites for hydroxylation is 1. The minimum atomic E-state index is 0.152. The van der Waals surface area contributed by atoms with Gasteiger partial charge in [0.05, 0.1) is 18.8 Å². The lowest BCUT2D eigenvalue weighted by Gasteiger charge is -2.29. The molecule has 0 spiro atoms. The first-order valence-electron chi connectivity index (χ1n) is 8.27. The van der Waals surface area contributed by atoms with Crippen LogP contribution < -0.4 is 15.8 Å². The van der Waals surface area contributed by atoms with E-state index < -0.39 is 0 Å². The number of ether oxygens (including phenoxy) is 2. The van der Waals surface area contributed by atoms with Gasteiger partial charge in [0.1, 0.15) is 12.4 Å². The number of amidine groups is 1. The summed E-state index contributed by atoms with van der Waals surface area (Å²) >= 11 is 0.